The smallest absolute Gasteiger partial charge is 0.266 e. The second kappa shape index (κ2) is 16.7. The Labute approximate surface area is 306 Å². The number of hydrogen-bond acceptors (Lipinski definition) is 8. The van der Waals surface area contributed by atoms with Gasteiger partial charge >= 0.3 is 0 Å². The van der Waals surface area contributed by atoms with Crippen LogP contribution in [0.1, 0.15) is 34.8 Å². The minimum Gasteiger partial charge on any atom is -0.497 e. The number of methoxy groups -OCH3 is 2. The maximum Gasteiger partial charge on any atom is 0.266 e. The van der Waals surface area contributed by atoms with E-state index in [1.807, 2.05) is 103 Å². The molecule has 2 atom stereocenters. The van der Waals surface area contributed by atoms with E-state index >= 15 is 0 Å². The quantitative estimate of drug-likeness (QED) is 0.0767. The predicted molar refractivity (Wildman–Crippen MR) is 201 cm³/mol. The van der Waals surface area contributed by atoms with Gasteiger partial charge in [0.1, 0.15) is 17.2 Å². The van der Waals surface area contributed by atoms with Crippen LogP contribution >= 0.6 is 15.9 Å². The number of carbonyl (C=O) groups is 1. The van der Waals surface area contributed by atoms with E-state index < -0.39 is 11.6 Å². The molecular weight excluding hydrogens is 710 g/mol. The Morgan fingerprint density at radius 3 is 2.10 bits per heavy atom. The van der Waals surface area contributed by atoms with Gasteiger partial charge in [0.25, 0.3) is 5.91 Å². The molecule has 5 aromatic carbocycles. The molecule has 0 aromatic heterocycles. The lowest BCUT2D eigenvalue weighted by atomic mass is 9.82. The van der Waals surface area contributed by atoms with Gasteiger partial charge < -0.3 is 24.1 Å². The lowest BCUT2D eigenvalue weighted by Crippen LogP contribution is -2.53. The first-order valence-electron chi connectivity index (χ1n) is 16.7. The molecule has 1 aliphatic rings. The van der Waals surface area contributed by atoms with Gasteiger partial charge in [0, 0.05) is 42.1 Å². The van der Waals surface area contributed by atoms with E-state index in [0.717, 1.165) is 32.3 Å². The van der Waals surface area contributed by atoms with Crippen molar-refractivity contribution in [2.24, 2.45) is 4.99 Å². The first-order valence-corrected chi connectivity index (χ1v) is 17.5. The number of benzene rings is 5. The number of aliphatic hydroxyl groups is 1. The molecule has 0 aliphatic carbocycles. The Morgan fingerprint density at radius 2 is 1.45 bits per heavy atom. The maximum absolute atomic E-state index is 14.7. The van der Waals surface area contributed by atoms with E-state index in [2.05, 4.69) is 38.9 Å². The van der Waals surface area contributed by atoms with Crippen molar-refractivity contribution < 1.29 is 28.8 Å². The molecule has 3 N–H and O–H groups in total. The highest BCUT2D eigenvalue weighted by Gasteiger charge is 2.53. The molecule has 1 amide bonds. The number of hydrogen-bond donors (Lipinski definition) is 3. The van der Waals surface area contributed by atoms with Crippen molar-refractivity contribution in [2.45, 2.75) is 31.0 Å². The molecule has 1 heterocycles. The summed E-state index contributed by atoms with van der Waals surface area (Å²) >= 11 is 3.54. The summed E-state index contributed by atoms with van der Waals surface area (Å²) in [5.41, 5.74) is 10.1. The van der Waals surface area contributed by atoms with E-state index in [-0.39, 0.29) is 18.9 Å². The number of rotatable bonds is 15. The molecular formula is C41H40BrN3O6. The second-order valence-corrected chi connectivity index (χ2v) is 13.0. The maximum atomic E-state index is 14.7. The Morgan fingerprint density at radius 1 is 0.804 bits per heavy atom. The van der Waals surface area contributed by atoms with Gasteiger partial charge in [-0.3, -0.25) is 10.2 Å². The van der Waals surface area contributed by atoms with Gasteiger partial charge in [-0.15, -0.1) is 0 Å². The molecule has 0 radical (unpaired) electrons. The number of amides is 1. The molecule has 0 saturated heterocycles. The fraction of sp³-hybridized carbons (Fsp3) is 0.220. The van der Waals surface area contributed by atoms with Crippen molar-refractivity contribution in [2.75, 3.05) is 27.4 Å². The number of aliphatic imine (C=N–C) groups is 1. The zero-order valence-corrected chi connectivity index (χ0v) is 30.1. The largest absolute Gasteiger partial charge is 0.497 e. The van der Waals surface area contributed by atoms with Crippen LogP contribution in [0.25, 0.3) is 11.1 Å². The number of nitrogens with zero attached hydrogens (tertiary/aromatic N) is 1. The SMILES string of the molecule is COc1cc(CNNC(=O)[C@@]2(Cc3ccc(Br)cc3)N=C(c3ccc(OCCCO)cc3)O[C@H]2c2ccc(-c3ccccc3)cc2)cc(OC)c1. The van der Waals surface area contributed by atoms with Crippen molar-refractivity contribution in [3.05, 3.63) is 148 Å². The third-order valence-electron chi connectivity index (χ3n) is 8.64. The fourth-order valence-electron chi connectivity index (χ4n) is 5.98. The highest BCUT2D eigenvalue weighted by atomic mass is 79.9. The fourth-order valence-corrected chi connectivity index (χ4v) is 6.24. The third kappa shape index (κ3) is 8.60. The molecule has 1 aliphatic heterocycles. The lowest BCUT2D eigenvalue weighted by molar-refractivity contribution is -0.130. The van der Waals surface area contributed by atoms with Crippen molar-refractivity contribution in [3.8, 4) is 28.4 Å². The average Bonchev–Trinajstić information content (AvgIpc) is 3.56. The van der Waals surface area contributed by atoms with Crippen LogP contribution < -0.4 is 25.1 Å². The Hall–Kier alpha value is -5.16. The van der Waals surface area contributed by atoms with Gasteiger partial charge in [-0.05, 0) is 76.3 Å². The highest BCUT2D eigenvalue weighted by Crippen LogP contribution is 2.43. The van der Waals surface area contributed by atoms with Gasteiger partial charge in [0.2, 0.25) is 5.90 Å². The average molecular weight is 751 g/mol. The molecule has 10 heteroatoms. The first-order chi connectivity index (χ1) is 24.9. The molecule has 0 saturated carbocycles. The first kappa shape index (κ1) is 35.7. The van der Waals surface area contributed by atoms with Crippen LogP contribution in [0.15, 0.2) is 131 Å². The minimum absolute atomic E-state index is 0.0571. The van der Waals surface area contributed by atoms with E-state index in [4.69, 9.17) is 29.0 Å². The van der Waals surface area contributed by atoms with Crippen LogP contribution in [0.2, 0.25) is 0 Å². The summed E-state index contributed by atoms with van der Waals surface area (Å²) in [6.07, 6.45) is 0.0350. The monoisotopic (exact) mass is 749 g/mol. The number of nitrogens with one attached hydrogen (secondary N) is 2. The predicted octanol–water partition coefficient (Wildman–Crippen LogP) is 7.22. The van der Waals surface area contributed by atoms with Crippen LogP contribution in [-0.2, 0) is 22.5 Å². The second-order valence-electron chi connectivity index (χ2n) is 12.1. The molecule has 0 bridgehead atoms. The summed E-state index contributed by atoms with van der Waals surface area (Å²) < 4.78 is 24.3. The third-order valence-corrected chi connectivity index (χ3v) is 9.17. The molecule has 262 valence electrons. The van der Waals surface area contributed by atoms with Crippen molar-refractivity contribution in [1.82, 2.24) is 10.9 Å². The molecule has 0 unspecified atom stereocenters. The topological polar surface area (TPSA) is 111 Å². The normalized spacial score (nSPS) is 16.5. The van der Waals surface area contributed by atoms with Gasteiger partial charge in [-0.1, -0.05) is 82.7 Å². The lowest BCUT2D eigenvalue weighted by Gasteiger charge is -2.31. The highest BCUT2D eigenvalue weighted by molar-refractivity contribution is 9.10. The van der Waals surface area contributed by atoms with Crippen LogP contribution in [0.3, 0.4) is 0 Å². The number of carbonyl (C=O) groups excluding carboxylic acids is 1. The molecule has 0 fully saturated rings. The molecule has 5 aromatic rings. The van der Waals surface area contributed by atoms with E-state index in [9.17, 15) is 4.79 Å². The summed E-state index contributed by atoms with van der Waals surface area (Å²) in [6, 6.07) is 39.0. The van der Waals surface area contributed by atoms with Crippen molar-refractivity contribution in [1.29, 1.82) is 0 Å². The van der Waals surface area contributed by atoms with Gasteiger partial charge in [0.05, 0.1) is 20.8 Å². The Kier molecular flexibility index (Phi) is 11.7. The van der Waals surface area contributed by atoms with Crippen LogP contribution in [-0.4, -0.2) is 49.9 Å². The zero-order valence-electron chi connectivity index (χ0n) is 28.5. The van der Waals surface area contributed by atoms with Crippen LogP contribution in [0, 0.1) is 0 Å². The summed E-state index contributed by atoms with van der Waals surface area (Å²) in [5, 5.41) is 9.13. The van der Waals surface area contributed by atoms with Crippen LogP contribution in [0.4, 0.5) is 0 Å². The van der Waals surface area contributed by atoms with Gasteiger partial charge in [-0.2, -0.15) is 0 Å². The van der Waals surface area contributed by atoms with Crippen molar-refractivity contribution in [3.63, 3.8) is 0 Å². The standard InChI is InChI=1S/C41H40BrN3O6/c1-48-36-23-29(24-37(25-36)49-2)27-43-45-40(47)41(26-28-9-17-34(42)18-10-28)38(32-13-11-31(12-14-32)30-7-4-3-5-8-30)51-39(44-41)33-15-19-35(20-16-33)50-22-6-21-46/h3-5,7-20,23-25,38,43,46H,6,21-22,26-27H2,1-2H3,(H,45,47)/t38-,41-/m0/s1. The number of hydrazine groups is 1. The summed E-state index contributed by atoms with van der Waals surface area (Å²) in [5.74, 6) is 1.95. The van der Waals surface area contributed by atoms with Gasteiger partial charge in [-0.25, -0.2) is 10.4 Å². The van der Waals surface area contributed by atoms with E-state index in [0.29, 0.717) is 48.3 Å². The Balaban J connectivity index is 1.37. The zero-order chi connectivity index (χ0) is 35.6. The summed E-state index contributed by atoms with van der Waals surface area (Å²) in [6.45, 7) is 0.765. The Bertz CT molecular complexity index is 1910. The van der Waals surface area contributed by atoms with Gasteiger partial charge in [0.15, 0.2) is 11.6 Å². The van der Waals surface area contributed by atoms with Crippen LogP contribution in [0.5, 0.6) is 17.2 Å². The van der Waals surface area contributed by atoms with Crippen molar-refractivity contribution >= 4 is 27.7 Å². The van der Waals surface area contributed by atoms with E-state index in [1.165, 1.54) is 0 Å². The summed E-state index contributed by atoms with van der Waals surface area (Å²) in [4.78, 5) is 19.8. The molecule has 6 rings (SSSR count). The number of ether oxygens (including phenoxy) is 4. The molecule has 9 nitrogen and oxygen atoms in total. The van der Waals surface area contributed by atoms with E-state index in [1.54, 1.807) is 20.3 Å². The number of halogens is 1. The molecule has 0 spiro atoms. The number of aliphatic hydroxyl groups excluding tert-OH is 1. The minimum atomic E-state index is -1.40. The molecule has 51 heavy (non-hydrogen) atoms. The summed E-state index contributed by atoms with van der Waals surface area (Å²) in [7, 11) is 3.19.